The minimum Gasteiger partial charge on any atom is -0.469 e. The molecule has 3 heteroatoms. The summed E-state index contributed by atoms with van der Waals surface area (Å²) in [6.45, 7) is 8.13. The number of allylic oxidation sites excluding steroid dienone is 4. The molecule has 0 bridgehead atoms. The number of likely N-dealkylation sites (tertiary alicyclic amines) is 1. The number of esters is 1. The van der Waals surface area contributed by atoms with E-state index >= 15 is 0 Å². The number of carbonyl (C=O) groups is 1. The Labute approximate surface area is 116 Å². The molecule has 1 rings (SSSR count). The van der Waals surface area contributed by atoms with Crippen LogP contribution in [0.1, 0.15) is 39.0 Å². The third-order valence-electron chi connectivity index (χ3n) is 3.46. The molecule has 1 heterocycles. The highest BCUT2D eigenvalue weighted by atomic mass is 16.5. The molecule has 0 atom stereocenters. The van der Waals surface area contributed by atoms with E-state index in [1.54, 1.807) is 0 Å². The van der Waals surface area contributed by atoms with Crippen LogP contribution in [0.3, 0.4) is 0 Å². The lowest BCUT2D eigenvalue weighted by Crippen LogP contribution is -2.28. The summed E-state index contributed by atoms with van der Waals surface area (Å²) < 4.78 is 4.67. The fourth-order valence-corrected chi connectivity index (χ4v) is 2.28. The van der Waals surface area contributed by atoms with Gasteiger partial charge in [-0.1, -0.05) is 18.7 Å². The van der Waals surface area contributed by atoms with Crippen molar-refractivity contribution >= 4 is 5.97 Å². The van der Waals surface area contributed by atoms with Crippen molar-refractivity contribution in [1.29, 1.82) is 0 Å². The first-order chi connectivity index (χ1) is 9.21. The molecule has 1 aliphatic heterocycles. The Kier molecular flexibility index (Phi) is 7.01. The number of hydrogen-bond acceptors (Lipinski definition) is 3. The highest BCUT2D eigenvalue weighted by molar-refractivity contribution is 5.69. The van der Waals surface area contributed by atoms with Crippen molar-refractivity contribution in [2.24, 2.45) is 0 Å². The van der Waals surface area contributed by atoms with Crippen LogP contribution >= 0.6 is 0 Å². The summed E-state index contributed by atoms with van der Waals surface area (Å²) in [4.78, 5) is 13.6. The van der Waals surface area contributed by atoms with Gasteiger partial charge in [0, 0.05) is 25.2 Å². The molecule has 0 radical (unpaired) electrons. The average molecular weight is 263 g/mol. The van der Waals surface area contributed by atoms with Crippen molar-refractivity contribution < 1.29 is 9.53 Å². The Morgan fingerprint density at radius 2 is 1.95 bits per heavy atom. The van der Waals surface area contributed by atoms with Gasteiger partial charge in [-0.3, -0.25) is 4.79 Å². The third kappa shape index (κ3) is 5.33. The zero-order valence-electron chi connectivity index (χ0n) is 12.2. The molecule has 1 saturated heterocycles. The van der Waals surface area contributed by atoms with E-state index in [4.69, 9.17) is 0 Å². The second-order valence-corrected chi connectivity index (χ2v) is 4.76. The van der Waals surface area contributed by atoms with Crippen LogP contribution in [0.25, 0.3) is 0 Å². The van der Waals surface area contributed by atoms with Gasteiger partial charge < -0.3 is 9.64 Å². The second-order valence-electron chi connectivity index (χ2n) is 4.76. The van der Waals surface area contributed by atoms with Gasteiger partial charge in [0.05, 0.1) is 7.11 Å². The Balaban J connectivity index is 2.65. The van der Waals surface area contributed by atoms with Gasteiger partial charge in [0.2, 0.25) is 0 Å². The summed E-state index contributed by atoms with van der Waals surface area (Å²) in [7, 11) is 1.42. The maximum atomic E-state index is 11.2. The van der Waals surface area contributed by atoms with Gasteiger partial charge in [-0.2, -0.15) is 0 Å². The van der Waals surface area contributed by atoms with Gasteiger partial charge in [-0.05, 0) is 44.3 Å². The van der Waals surface area contributed by atoms with E-state index in [9.17, 15) is 4.79 Å². The molecule has 0 saturated carbocycles. The van der Waals surface area contributed by atoms with E-state index in [-0.39, 0.29) is 5.97 Å². The van der Waals surface area contributed by atoms with Crippen LogP contribution in [0, 0.1) is 0 Å². The van der Waals surface area contributed by atoms with Crippen molar-refractivity contribution in [2.45, 2.75) is 39.0 Å². The van der Waals surface area contributed by atoms with Crippen LogP contribution in [-0.4, -0.2) is 31.1 Å². The summed E-state index contributed by atoms with van der Waals surface area (Å²) in [5, 5.41) is 0. The number of hydrogen-bond donors (Lipinski definition) is 0. The number of carbonyl (C=O) groups excluding carboxylic acids is 1. The molecule has 1 aliphatic rings. The van der Waals surface area contributed by atoms with Gasteiger partial charge in [0.25, 0.3) is 0 Å². The Morgan fingerprint density at radius 3 is 2.47 bits per heavy atom. The maximum absolute atomic E-state index is 11.2. The number of piperidine rings is 1. The molecule has 19 heavy (non-hydrogen) atoms. The minimum absolute atomic E-state index is 0.173. The standard InChI is InChI=1S/C16H25NO2/c1-4-14(9-10-16(18)19-3)13-15(5-2)17-11-7-6-8-12-17/h4-5,13H,1,6-12H2,2-3H3/b14-13+,15-5+. The van der Waals surface area contributed by atoms with Crippen LogP contribution in [0.2, 0.25) is 0 Å². The SMILES string of the molecule is C=C/C(=C\C(=C/C)N1CCCCC1)CCC(=O)OC. The molecule has 0 N–H and O–H groups in total. The molecule has 0 aromatic heterocycles. The van der Waals surface area contributed by atoms with E-state index < -0.39 is 0 Å². The highest BCUT2D eigenvalue weighted by Crippen LogP contribution is 2.18. The summed E-state index contributed by atoms with van der Waals surface area (Å²) in [6, 6.07) is 0. The van der Waals surface area contributed by atoms with Crippen molar-refractivity contribution in [3.63, 3.8) is 0 Å². The number of methoxy groups -OCH3 is 1. The molecule has 106 valence electrons. The van der Waals surface area contributed by atoms with Gasteiger partial charge in [-0.15, -0.1) is 0 Å². The fourth-order valence-electron chi connectivity index (χ4n) is 2.28. The second kappa shape index (κ2) is 8.57. The highest BCUT2D eigenvalue weighted by Gasteiger charge is 2.11. The average Bonchev–Trinajstić information content (AvgIpc) is 2.48. The molecule has 1 fully saturated rings. The van der Waals surface area contributed by atoms with E-state index in [0.717, 1.165) is 18.7 Å². The molecule has 0 aromatic rings. The predicted octanol–water partition coefficient (Wildman–Crippen LogP) is 3.44. The third-order valence-corrected chi connectivity index (χ3v) is 3.46. The fraction of sp³-hybridized carbons (Fsp3) is 0.562. The Hall–Kier alpha value is -1.51. The molecule has 0 unspecified atom stereocenters. The molecule has 0 spiro atoms. The number of rotatable bonds is 6. The molecule has 0 aliphatic carbocycles. The first kappa shape index (κ1) is 15.5. The van der Waals surface area contributed by atoms with Crippen molar-refractivity contribution in [3.05, 3.63) is 36.1 Å². The topological polar surface area (TPSA) is 29.5 Å². The van der Waals surface area contributed by atoms with E-state index in [1.165, 1.54) is 32.1 Å². The smallest absolute Gasteiger partial charge is 0.305 e. The first-order valence-corrected chi connectivity index (χ1v) is 7.02. The Bertz CT molecular complexity index is 363. The lowest BCUT2D eigenvalue weighted by Gasteiger charge is -2.30. The number of ether oxygens (including phenoxy) is 1. The normalized spacial score (nSPS) is 17.3. The van der Waals surface area contributed by atoms with Crippen molar-refractivity contribution in [2.75, 3.05) is 20.2 Å². The van der Waals surface area contributed by atoms with E-state index in [0.29, 0.717) is 12.8 Å². The molecule has 0 amide bonds. The number of nitrogens with zero attached hydrogens (tertiary/aromatic N) is 1. The van der Waals surface area contributed by atoms with E-state index in [1.807, 2.05) is 6.08 Å². The first-order valence-electron chi connectivity index (χ1n) is 7.02. The zero-order chi connectivity index (χ0) is 14.1. The molecular weight excluding hydrogens is 238 g/mol. The molecule has 0 aromatic carbocycles. The maximum Gasteiger partial charge on any atom is 0.305 e. The van der Waals surface area contributed by atoms with Crippen LogP contribution in [0.5, 0.6) is 0 Å². The van der Waals surface area contributed by atoms with Crippen LogP contribution in [0.15, 0.2) is 36.1 Å². The lowest BCUT2D eigenvalue weighted by atomic mass is 10.1. The van der Waals surface area contributed by atoms with Gasteiger partial charge in [-0.25, -0.2) is 0 Å². The summed E-state index contributed by atoms with van der Waals surface area (Å²) in [5.41, 5.74) is 2.32. The predicted molar refractivity (Wildman–Crippen MR) is 78.7 cm³/mol. The van der Waals surface area contributed by atoms with Gasteiger partial charge in [0.1, 0.15) is 0 Å². The zero-order valence-corrected chi connectivity index (χ0v) is 12.2. The quantitative estimate of drug-likeness (QED) is 0.543. The van der Waals surface area contributed by atoms with Crippen LogP contribution in [-0.2, 0) is 9.53 Å². The lowest BCUT2D eigenvalue weighted by molar-refractivity contribution is -0.140. The molecular formula is C16H25NO2. The van der Waals surface area contributed by atoms with E-state index in [2.05, 4.69) is 35.3 Å². The monoisotopic (exact) mass is 263 g/mol. The summed E-state index contributed by atoms with van der Waals surface area (Å²) in [5.74, 6) is -0.173. The van der Waals surface area contributed by atoms with Crippen LogP contribution in [0.4, 0.5) is 0 Å². The largest absolute Gasteiger partial charge is 0.469 e. The molecule has 3 nitrogen and oxygen atoms in total. The van der Waals surface area contributed by atoms with Crippen molar-refractivity contribution in [3.8, 4) is 0 Å². The Morgan fingerprint density at radius 1 is 1.26 bits per heavy atom. The van der Waals surface area contributed by atoms with Crippen molar-refractivity contribution in [1.82, 2.24) is 4.90 Å². The van der Waals surface area contributed by atoms with Gasteiger partial charge in [0.15, 0.2) is 0 Å². The summed E-state index contributed by atoms with van der Waals surface area (Å²) in [6.07, 6.45) is 11.0. The van der Waals surface area contributed by atoms with Gasteiger partial charge >= 0.3 is 5.97 Å². The summed E-state index contributed by atoms with van der Waals surface area (Å²) >= 11 is 0. The van der Waals surface area contributed by atoms with Crippen LogP contribution < -0.4 is 0 Å². The minimum atomic E-state index is -0.173.